The van der Waals surface area contributed by atoms with Gasteiger partial charge in [0.15, 0.2) is 0 Å². The lowest BCUT2D eigenvalue weighted by atomic mass is 9.93. The summed E-state index contributed by atoms with van der Waals surface area (Å²) in [6, 6.07) is 91.0. The third kappa shape index (κ3) is 6.69. The fourth-order valence-electron chi connectivity index (χ4n) is 10.2. The van der Waals surface area contributed by atoms with Gasteiger partial charge >= 0.3 is 0 Å². The maximum atomic E-state index is 5.40. The fraction of sp³-hybridized carbons (Fsp3) is 0. The van der Waals surface area contributed by atoms with Crippen LogP contribution in [0.4, 0.5) is 0 Å². The summed E-state index contributed by atoms with van der Waals surface area (Å²) >= 11 is 0. The van der Waals surface area contributed by atoms with Gasteiger partial charge < -0.3 is 0 Å². The van der Waals surface area contributed by atoms with Gasteiger partial charge in [0, 0.05) is 33.0 Å². The molecule has 0 aliphatic rings. The highest BCUT2D eigenvalue weighted by Crippen LogP contribution is 2.41. The minimum atomic E-state index is 0.894. The molecule has 4 heteroatoms. The average molecular weight is 867 g/mol. The van der Waals surface area contributed by atoms with Crippen LogP contribution in [-0.4, -0.2) is 19.6 Å². The van der Waals surface area contributed by atoms with Crippen molar-refractivity contribution in [3.05, 3.63) is 255 Å². The number of hydrogen-bond donors (Lipinski definition) is 0. The van der Waals surface area contributed by atoms with E-state index in [1.54, 1.807) is 0 Å². The fourth-order valence-corrected chi connectivity index (χ4v) is 10.2. The molecule has 2 heterocycles. The molecule has 2 aromatic heterocycles. The van der Waals surface area contributed by atoms with E-state index in [9.17, 15) is 0 Å². The van der Waals surface area contributed by atoms with E-state index >= 15 is 0 Å². The normalized spacial score (nSPS) is 11.5. The molecule has 0 atom stereocenters. The van der Waals surface area contributed by atoms with Crippen molar-refractivity contribution in [2.24, 2.45) is 0 Å². The van der Waals surface area contributed by atoms with Crippen LogP contribution in [0.2, 0.25) is 0 Å². The van der Waals surface area contributed by atoms with Gasteiger partial charge in [-0.3, -0.25) is 0 Å². The van der Waals surface area contributed by atoms with Gasteiger partial charge in [-0.2, -0.15) is 10.2 Å². The van der Waals surface area contributed by atoms with Crippen LogP contribution in [0.1, 0.15) is 0 Å². The molecule has 0 amide bonds. The zero-order valence-electron chi connectivity index (χ0n) is 37.0. The monoisotopic (exact) mass is 866 g/mol. The van der Waals surface area contributed by atoms with Gasteiger partial charge in [0.25, 0.3) is 0 Å². The molecule has 4 nitrogen and oxygen atoms in total. The molecule has 0 unspecified atom stereocenters. The third-order valence-corrected chi connectivity index (χ3v) is 13.5. The first-order chi connectivity index (χ1) is 33.7. The van der Waals surface area contributed by atoms with Crippen molar-refractivity contribution in [3.8, 4) is 78.7 Å². The van der Waals surface area contributed by atoms with Gasteiger partial charge in [0.1, 0.15) is 0 Å². The second-order valence-corrected chi connectivity index (χ2v) is 17.4. The highest BCUT2D eigenvalue weighted by molar-refractivity contribution is 6.09. The maximum absolute atomic E-state index is 5.40. The maximum Gasteiger partial charge on any atom is 0.0934 e. The first kappa shape index (κ1) is 39.3. The van der Waals surface area contributed by atoms with E-state index in [1.807, 2.05) is 0 Å². The minimum absolute atomic E-state index is 0.894. The van der Waals surface area contributed by atoms with E-state index in [4.69, 9.17) is 10.2 Å². The van der Waals surface area contributed by atoms with E-state index in [0.29, 0.717) is 0 Å². The zero-order valence-corrected chi connectivity index (χ0v) is 37.0. The highest BCUT2D eigenvalue weighted by atomic mass is 15.3. The predicted molar refractivity (Wildman–Crippen MR) is 283 cm³/mol. The summed E-state index contributed by atoms with van der Waals surface area (Å²) in [5.41, 5.74) is 15.0. The predicted octanol–water partition coefficient (Wildman–Crippen LogP) is 16.7. The summed E-state index contributed by atoms with van der Waals surface area (Å²) in [5, 5.41) is 20.4. The Kier molecular flexibility index (Phi) is 9.47. The van der Waals surface area contributed by atoms with E-state index in [0.717, 1.165) is 67.2 Å². The van der Waals surface area contributed by atoms with E-state index < -0.39 is 0 Å². The summed E-state index contributed by atoms with van der Waals surface area (Å²) in [5.74, 6) is 0. The zero-order chi connectivity index (χ0) is 45.0. The molecule has 0 radical (unpaired) electrons. The molecule has 0 saturated heterocycles. The summed E-state index contributed by atoms with van der Waals surface area (Å²) in [4.78, 5) is 0. The van der Waals surface area contributed by atoms with Gasteiger partial charge in [-0.15, -0.1) is 0 Å². The van der Waals surface area contributed by atoms with E-state index in [1.165, 1.54) is 54.6 Å². The Hall–Kier alpha value is -9.12. The van der Waals surface area contributed by atoms with Crippen LogP contribution >= 0.6 is 0 Å². The molecule has 318 valence electrons. The molecule has 0 fully saturated rings. The Morgan fingerprint density at radius 2 is 0.574 bits per heavy atom. The average Bonchev–Trinajstić information content (AvgIpc) is 4.07. The number of rotatable bonds is 8. The van der Waals surface area contributed by atoms with Crippen molar-refractivity contribution in [3.63, 3.8) is 0 Å². The van der Waals surface area contributed by atoms with E-state index in [-0.39, 0.29) is 0 Å². The molecule has 0 aliphatic heterocycles. The van der Waals surface area contributed by atoms with Gasteiger partial charge in [-0.05, 0) is 78.8 Å². The van der Waals surface area contributed by atoms with Crippen molar-refractivity contribution < 1.29 is 0 Å². The quantitative estimate of drug-likeness (QED) is 0.153. The molecule has 68 heavy (non-hydrogen) atoms. The molecular weight excluding hydrogens is 825 g/mol. The second-order valence-electron chi connectivity index (χ2n) is 17.4. The number of aromatic nitrogens is 4. The molecule has 13 rings (SSSR count). The first-order valence-corrected chi connectivity index (χ1v) is 23.2. The summed E-state index contributed by atoms with van der Waals surface area (Å²) in [6.07, 6.45) is 0. The summed E-state index contributed by atoms with van der Waals surface area (Å²) in [6.45, 7) is 0. The number of hydrogen-bond acceptors (Lipinski definition) is 2. The lowest BCUT2D eigenvalue weighted by Gasteiger charge is -2.15. The van der Waals surface area contributed by atoms with Gasteiger partial charge in [0.05, 0.1) is 34.2 Å². The van der Waals surface area contributed by atoms with E-state index in [2.05, 4.69) is 264 Å². The first-order valence-electron chi connectivity index (χ1n) is 23.2. The van der Waals surface area contributed by atoms with Gasteiger partial charge in [0.2, 0.25) is 0 Å². The van der Waals surface area contributed by atoms with Crippen molar-refractivity contribution in [2.45, 2.75) is 0 Å². The minimum Gasteiger partial charge on any atom is -0.232 e. The lowest BCUT2D eigenvalue weighted by Crippen LogP contribution is -2.01. The Bertz CT molecular complexity index is 3740. The largest absolute Gasteiger partial charge is 0.232 e. The lowest BCUT2D eigenvalue weighted by molar-refractivity contribution is 0.898. The van der Waals surface area contributed by atoms with Crippen LogP contribution in [0, 0.1) is 0 Å². The molecule has 0 bridgehead atoms. The number of nitrogens with zero attached hydrogens (tertiary/aromatic N) is 4. The second kappa shape index (κ2) is 16.4. The van der Waals surface area contributed by atoms with Crippen molar-refractivity contribution in [1.82, 2.24) is 19.6 Å². The van der Waals surface area contributed by atoms with Crippen LogP contribution in [0.25, 0.3) is 122 Å². The Morgan fingerprint density at radius 3 is 1.00 bits per heavy atom. The van der Waals surface area contributed by atoms with Crippen molar-refractivity contribution >= 4 is 43.1 Å². The third-order valence-electron chi connectivity index (χ3n) is 13.5. The van der Waals surface area contributed by atoms with Crippen molar-refractivity contribution in [1.29, 1.82) is 0 Å². The van der Waals surface area contributed by atoms with Crippen LogP contribution < -0.4 is 0 Å². The van der Waals surface area contributed by atoms with Gasteiger partial charge in [-0.25, -0.2) is 9.36 Å². The molecule has 0 N–H and O–H groups in total. The van der Waals surface area contributed by atoms with Gasteiger partial charge in [-0.1, -0.05) is 231 Å². The van der Waals surface area contributed by atoms with Crippen LogP contribution in [-0.2, 0) is 0 Å². The Morgan fingerprint density at radius 1 is 0.235 bits per heavy atom. The highest BCUT2D eigenvalue weighted by Gasteiger charge is 2.20. The Balaban J connectivity index is 0.908. The topological polar surface area (TPSA) is 35.6 Å². The number of fused-ring (bicyclic) bond motifs is 4. The summed E-state index contributed by atoms with van der Waals surface area (Å²) < 4.78 is 4.24. The Labute approximate surface area is 394 Å². The summed E-state index contributed by atoms with van der Waals surface area (Å²) in [7, 11) is 0. The molecule has 0 aliphatic carbocycles. The van der Waals surface area contributed by atoms with Crippen LogP contribution in [0.3, 0.4) is 0 Å². The smallest absolute Gasteiger partial charge is 0.0934 e. The van der Waals surface area contributed by atoms with Crippen LogP contribution in [0.15, 0.2) is 255 Å². The number of benzene rings is 11. The standard InChI is InChI=1S/C64H42N4/c1-3-19-47(20-4-1)63-41-59(65-67(63)61-39-37-55(53-27-11-13-29-57(53)61)51-31-15-23-43-17-7-9-25-49(43)51)45-33-35-46(36-34-45)60-42-64(48-21-5-2-6-22-48)68(66-60)62-40-38-56(54-28-12-14-30-58(54)62)52-32-16-24-44-18-8-10-26-50(44)52/h1-42H. The SMILES string of the molecule is c1ccc(-c2cc(-c3ccc(-c4cc(-c5ccccc5)n(-c5ccc(-c6cccc7ccccc67)c6ccccc56)n4)cc3)nn2-c2ccc(-c3cccc4ccccc34)c3ccccc23)cc1. The molecule has 0 saturated carbocycles. The molecule has 0 spiro atoms. The van der Waals surface area contributed by atoms with Crippen molar-refractivity contribution in [2.75, 3.05) is 0 Å². The molecule has 13 aromatic rings. The molecular formula is C64H42N4. The molecule has 11 aromatic carbocycles. The van der Waals surface area contributed by atoms with Crippen LogP contribution in [0.5, 0.6) is 0 Å².